The Balaban J connectivity index is 1.95. The number of hydrogen-bond donors (Lipinski definition) is 2. The maximum atomic E-state index is 12.2. The molecule has 2 rings (SSSR count). The molecule has 1 aromatic carbocycles. The summed E-state index contributed by atoms with van der Waals surface area (Å²) in [6, 6.07) is 7.78. The summed E-state index contributed by atoms with van der Waals surface area (Å²) in [5.41, 5.74) is 0.890. The Morgan fingerprint density at radius 1 is 1.40 bits per heavy atom. The molecule has 4 heteroatoms. The number of benzene rings is 1. The Bertz CT molecular complexity index is 467. The molecule has 1 aromatic rings. The molecule has 1 atom stereocenters. The fourth-order valence-electron chi connectivity index (χ4n) is 2.61. The van der Waals surface area contributed by atoms with Crippen molar-refractivity contribution in [3.63, 3.8) is 0 Å². The molecule has 0 saturated carbocycles. The van der Waals surface area contributed by atoms with E-state index in [2.05, 4.69) is 24.5 Å². The van der Waals surface area contributed by atoms with E-state index in [-0.39, 0.29) is 17.4 Å². The predicted octanol–water partition coefficient (Wildman–Crippen LogP) is 2.88. The fraction of sp³-hybridized carbons (Fsp3) is 0.562. The highest BCUT2D eigenvalue weighted by Gasteiger charge is 2.26. The lowest BCUT2D eigenvalue weighted by Crippen LogP contribution is -2.49. The van der Waals surface area contributed by atoms with Crippen LogP contribution in [-0.2, 0) is 10.2 Å². The van der Waals surface area contributed by atoms with Crippen LogP contribution >= 0.6 is 11.6 Å². The van der Waals surface area contributed by atoms with Crippen molar-refractivity contribution in [2.45, 2.75) is 44.6 Å². The van der Waals surface area contributed by atoms with Crippen LogP contribution in [0.1, 0.15) is 38.7 Å². The molecule has 0 aliphatic carbocycles. The van der Waals surface area contributed by atoms with Crippen LogP contribution in [0.15, 0.2) is 24.3 Å². The normalized spacial score (nSPS) is 19.6. The molecule has 3 nitrogen and oxygen atoms in total. The van der Waals surface area contributed by atoms with Crippen LogP contribution in [0.4, 0.5) is 0 Å². The van der Waals surface area contributed by atoms with Crippen LogP contribution in [0.2, 0.25) is 5.02 Å². The maximum absolute atomic E-state index is 12.2. The van der Waals surface area contributed by atoms with Crippen molar-refractivity contribution in [1.29, 1.82) is 0 Å². The zero-order valence-electron chi connectivity index (χ0n) is 12.2. The number of carbonyl (C=O) groups is 1. The average molecular weight is 295 g/mol. The van der Waals surface area contributed by atoms with Gasteiger partial charge in [0.15, 0.2) is 0 Å². The smallest absolute Gasteiger partial charge is 0.237 e. The molecule has 1 aliphatic heterocycles. The van der Waals surface area contributed by atoms with E-state index in [4.69, 9.17) is 11.6 Å². The third-order valence-electron chi connectivity index (χ3n) is 3.93. The van der Waals surface area contributed by atoms with Gasteiger partial charge in [0, 0.05) is 17.0 Å². The van der Waals surface area contributed by atoms with Crippen LogP contribution in [0.3, 0.4) is 0 Å². The van der Waals surface area contributed by atoms with Crippen LogP contribution in [0.5, 0.6) is 0 Å². The molecule has 1 saturated heterocycles. The summed E-state index contributed by atoms with van der Waals surface area (Å²) in [5, 5.41) is 7.08. The van der Waals surface area contributed by atoms with E-state index in [0.29, 0.717) is 6.54 Å². The van der Waals surface area contributed by atoms with Gasteiger partial charge in [-0.25, -0.2) is 0 Å². The summed E-state index contributed by atoms with van der Waals surface area (Å²) in [4.78, 5) is 12.2. The van der Waals surface area contributed by atoms with Crippen LogP contribution < -0.4 is 10.6 Å². The maximum Gasteiger partial charge on any atom is 0.237 e. The summed E-state index contributed by atoms with van der Waals surface area (Å²) < 4.78 is 0. The molecule has 20 heavy (non-hydrogen) atoms. The Labute approximate surface area is 126 Å². The number of hydrogen-bond acceptors (Lipinski definition) is 2. The minimum atomic E-state index is -0.178. The number of halogens is 1. The largest absolute Gasteiger partial charge is 0.354 e. The first-order chi connectivity index (χ1) is 9.50. The van der Waals surface area contributed by atoms with Gasteiger partial charge in [0.2, 0.25) is 5.91 Å². The quantitative estimate of drug-likeness (QED) is 0.896. The Kier molecular flexibility index (Phi) is 5.06. The van der Waals surface area contributed by atoms with Gasteiger partial charge in [-0.1, -0.05) is 50.1 Å². The van der Waals surface area contributed by atoms with Crippen molar-refractivity contribution in [3.05, 3.63) is 34.9 Å². The van der Waals surface area contributed by atoms with Crippen LogP contribution in [0, 0.1) is 0 Å². The third kappa shape index (κ3) is 3.74. The number of rotatable bonds is 4. The number of carbonyl (C=O) groups excluding carboxylic acids is 1. The van der Waals surface area contributed by atoms with Crippen molar-refractivity contribution in [2.75, 3.05) is 13.1 Å². The second-order valence-electron chi connectivity index (χ2n) is 6.08. The van der Waals surface area contributed by atoms with Gasteiger partial charge in [-0.05, 0) is 31.0 Å². The van der Waals surface area contributed by atoms with E-state index in [1.165, 1.54) is 0 Å². The monoisotopic (exact) mass is 294 g/mol. The molecular formula is C16H23ClN2O. The van der Waals surface area contributed by atoms with Gasteiger partial charge in [0.05, 0.1) is 6.04 Å². The predicted molar refractivity (Wildman–Crippen MR) is 83.1 cm³/mol. The second-order valence-corrected chi connectivity index (χ2v) is 6.49. The molecule has 1 amide bonds. The molecule has 0 spiro atoms. The Hall–Kier alpha value is -1.06. The van der Waals surface area contributed by atoms with E-state index in [1.807, 2.05) is 24.3 Å². The molecular weight excluding hydrogens is 272 g/mol. The Morgan fingerprint density at radius 2 is 2.15 bits per heavy atom. The van der Waals surface area contributed by atoms with E-state index in [9.17, 15) is 4.79 Å². The lowest BCUT2D eigenvalue weighted by atomic mass is 9.84. The molecule has 1 fully saturated rings. The third-order valence-corrected chi connectivity index (χ3v) is 4.26. The van der Waals surface area contributed by atoms with Crippen molar-refractivity contribution in [2.24, 2.45) is 0 Å². The van der Waals surface area contributed by atoms with Gasteiger partial charge < -0.3 is 10.6 Å². The fourth-order valence-corrected chi connectivity index (χ4v) is 3.00. The average Bonchev–Trinajstić information content (AvgIpc) is 2.46. The zero-order chi connectivity index (χ0) is 14.6. The highest BCUT2D eigenvalue weighted by atomic mass is 35.5. The number of amides is 1. The lowest BCUT2D eigenvalue weighted by molar-refractivity contribution is -0.123. The van der Waals surface area contributed by atoms with Crippen molar-refractivity contribution < 1.29 is 4.79 Å². The molecule has 0 bridgehead atoms. The van der Waals surface area contributed by atoms with E-state index < -0.39 is 0 Å². The van der Waals surface area contributed by atoms with Crippen molar-refractivity contribution in [1.82, 2.24) is 10.6 Å². The molecule has 110 valence electrons. The van der Waals surface area contributed by atoms with E-state index in [1.54, 1.807) is 0 Å². The first kappa shape index (κ1) is 15.3. The molecule has 1 heterocycles. The first-order valence-corrected chi connectivity index (χ1v) is 7.64. The number of piperidine rings is 1. The van der Waals surface area contributed by atoms with Gasteiger partial charge in [-0.3, -0.25) is 4.79 Å². The number of nitrogens with one attached hydrogen (secondary N) is 2. The molecule has 1 unspecified atom stereocenters. The summed E-state index contributed by atoms with van der Waals surface area (Å²) >= 11 is 6.25. The molecule has 1 aliphatic rings. The minimum absolute atomic E-state index is 0.0363. The lowest BCUT2D eigenvalue weighted by Gasteiger charge is -2.29. The van der Waals surface area contributed by atoms with Crippen LogP contribution in [0.25, 0.3) is 0 Å². The Morgan fingerprint density at radius 3 is 2.80 bits per heavy atom. The first-order valence-electron chi connectivity index (χ1n) is 7.27. The van der Waals surface area contributed by atoms with Gasteiger partial charge in [0.1, 0.15) is 0 Å². The summed E-state index contributed by atoms with van der Waals surface area (Å²) in [6.07, 6.45) is 3.21. The minimum Gasteiger partial charge on any atom is -0.354 e. The second kappa shape index (κ2) is 6.59. The van der Waals surface area contributed by atoms with Gasteiger partial charge in [0.25, 0.3) is 0 Å². The molecule has 2 N–H and O–H groups in total. The van der Waals surface area contributed by atoms with Crippen LogP contribution in [-0.4, -0.2) is 25.0 Å². The standard InChI is InChI=1S/C16H23ClN2O/c1-16(2,12-7-3-4-8-13(12)17)11-19-15(20)14-9-5-6-10-18-14/h3-4,7-8,14,18H,5-6,9-11H2,1-2H3,(H,19,20). The van der Waals surface area contributed by atoms with Gasteiger partial charge in [-0.15, -0.1) is 0 Å². The SMILES string of the molecule is CC(C)(CNC(=O)C1CCCCN1)c1ccccc1Cl. The van der Waals surface area contributed by atoms with Gasteiger partial charge >= 0.3 is 0 Å². The topological polar surface area (TPSA) is 41.1 Å². The van der Waals surface area contributed by atoms with E-state index in [0.717, 1.165) is 36.4 Å². The summed E-state index contributed by atoms with van der Waals surface area (Å²) in [7, 11) is 0. The highest BCUT2D eigenvalue weighted by Crippen LogP contribution is 2.29. The zero-order valence-corrected chi connectivity index (χ0v) is 13.0. The summed E-state index contributed by atoms with van der Waals surface area (Å²) in [5.74, 6) is 0.102. The van der Waals surface area contributed by atoms with Crippen molar-refractivity contribution >= 4 is 17.5 Å². The summed E-state index contributed by atoms with van der Waals surface area (Å²) in [6.45, 7) is 5.73. The van der Waals surface area contributed by atoms with Gasteiger partial charge in [-0.2, -0.15) is 0 Å². The highest BCUT2D eigenvalue weighted by molar-refractivity contribution is 6.31. The molecule has 0 radical (unpaired) electrons. The molecule has 0 aromatic heterocycles. The van der Waals surface area contributed by atoms with Crippen molar-refractivity contribution in [3.8, 4) is 0 Å². The van der Waals surface area contributed by atoms with E-state index >= 15 is 0 Å².